The molecule has 2 amide bonds. The topological polar surface area (TPSA) is 87.2 Å². The molecule has 2 atom stereocenters. The first-order chi connectivity index (χ1) is 15.4. The number of imide groups is 1. The first-order valence-corrected chi connectivity index (χ1v) is 13.1. The molecule has 1 aliphatic carbocycles. The first-order valence-electron chi connectivity index (χ1n) is 11.6. The number of hydrogen-bond donors (Lipinski definition) is 0. The van der Waals surface area contributed by atoms with E-state index in [1.165, 1.54) is 16.3 Å². The fourth-order valence-corrected chi connectivity index (χ4v) is 6.87. The lowest BCUT2D eigenvalue weighted by molar-refractivity contribution is -0.140. The largest absolute Gasteiger partial charge is 0.495 e. The third-order valence-electron chi connectivity index (χ3n) is 6.99. The molecular weight excluding hydrogens is 430 g/mol. The van der Waals surface area contributed by atoms with Gasteiger partial charge in [0.25, 0.3) is 0 Å². The number of piperazine rings is 1. The van der Waals surface area contributed by atoms with Gasteiger partial charge in [-0.3, -0.25) is 14.5 Å². The number of rotatable bonds is 7. The Labute approximate surface area is 190 Å². The van der Waals surface area contributed by atoms with Crippen LogP contribution in [0.1, 0.15) is 44.6 Å². The van der Waals surface area contributed by atoms with E-state index in [-0.39, 0.29) is 40.8 Å². The van der Waals surface area contributed by atoms with Crippen LogP contribution in [-0.2, 0) is 26.2 Å². The van der Waals surface area contributed by atoms with Gasteiger partial charge in [0.05, 0.1) is 25.5 Å². The molecule has 9 heteroatoms. The molecule has 0 unspecified atom stereocenters. The van der Waals surface area contributed by atoms with Crippen LogP contribution >= 0.6 is 0 Å². The van der Waals surface area contributed by atoms with E-state index in [1.807, 2.05) is 0 Å². The van der Waals surface area contributed by atoms with E-state index >= 15 is 0 Å². The molecule has 1 saturated carbocycles. The van der Waals surface area contributed by atoms with Gasteiger partial charge in [0.15, 0.2) is 0 Å². The maximum Gasteiger partial charge on any atom is 0.246 e. The molecule has 0 N–H and O–H groups in total. The third-order valence-corrected chi connectivity index (χ3v) is 8.91. The Morgan fingerprint density at radius 1 is 1.00 bits per heavy atom. The fraction of sp³-hybridized carbons (Fsp3) is 0.652. The van der Waals surface area contributed by atoms with Crippen LogP contribution < -0.4 is 4.74 Å². The van der Waals surface area contributed by atoms with Crippen molar-refractivity contribution < 1.29 is 22.7 Å². The van der Waals surface area contributed by atoms with Crippen molar-refractivity contribution in [2.45, 2.75) is 50.5 Å². The van der Waals surface area contributed by atoms with Gasteiger partial charge >= 0.3 is 0 Å². The molecule has 0 aromatic heterocycles. The summed E-state index contributed by atoms with van der Waals surface area (Å²) in [7, 11) is -2.30. The molecule has 32 heavy (non-hydrogen) atoms. The van der Waals surface area contributed by atoms with Gasteiger partial charge in [-0.15, -0.1) is 0 Å². The number of sulfonamides is 1. The van der Waals surface area contributed by atoms with Crippen molar-refractivity contribution >= 4 is 21.8 Å². The van der Waals surface area contributed by atoms with Gasteiger partial charge in [0.2, 0.25) is 21.8 Å². The first kappa shape index (κ1) is 23.2. The molecule has 1 aromatic carbocycles. The standard InChI is InChI=1S/C23H33N3O5S/c1-3-10-24-11-13-25(14-12-24)32(29,30)21-15-17(8-9-20(21)31-2)16-26-22(27)18-6-4-5-7-19(18)23(26)28/h8-9,15,18-19H,3-7,10-14,16H2,1-2H3/t18-,19-/m1/s1. The SMILES string of the molecule is CCCN1CCN(S(=O)(=O)c2cc(CN3C(=O)[C@@H]4CCCC[C@H]4C3=O)ccc2OC)CC1. The summed E-state index contributed by atoms with van der Waals surface area (Å²) >= 11 is 0. The molecule has 0 spiro atoms. The summed E-state index contributed by atoms with van der Waals surface area (Å²) in [5.74, 6) is -0.384. The Morgan fingerprint density at radius 3 is 2.19 bits per heavy atom. The van der Waals surface area contributed by atoms with E-state index in [2.05, 4.69) is 11.8 Å². The number of carbonyl (C=O) groups excluding carboxylic acids is 2. The monoisotopic (exact) mass is 463 g/mol. The summed E-state index contributed by atoms with van der Waals surface area (Å²) in [5.41, 5.74) is 0.620. The van der Waals surface area contributed by atoms with Crippen molar-refractivity contribution in [1.29, 1.82) is 0 Å². The van der Waals surface area contributed by atoms with Gasteiger partial charge in [-0.25, -0.2) is 8.42 Å². The summed E-state index contributed by atoms with van der Waals surface area (Å²) in [6.07, 6.45) is 4.52. The fourth-order valence-electron chi connectivity index (χ4n) is 5.24. The number of fused-ring (bicyclic) bond motifs is 1. The minimum Gasteiger partial charge on any atom is -0.495 e. The molecule has 2 heterocycles. The summed E-state index contributed by atoms with van der Waals surface area (Å²) in [6.45, 7) is 5.45. The smallest absolute Gasteiger partial charge is 0.246 e. The van der Waals surface area contributed by atoms with Crippen LogP contribution in [0.3, 0.4) is 0 Å². The van der Waals surface area contributed by atoms with Gasteiger partial charge in [-0.05, 0) is 43.5 Å². The molecule has 1 aromatic rings. The molecule has 2 aliphatic heterocycles. The predicted molar refractivity (Wildman–Crippen MR) is 119 cm³/mol. The highest BCUT2D eigenvalue weighted by Gasteiger charge is 2.48. The highest BCUT2D eigenvalue weighted by molar-refractivity contribution is 7.89. The van der Waals surface area contributed by atoms with Gasteiger partial charge in [-0.1, -0.05) is 25.8 Å². The second-order valence-electron chi connectivity index (χ2n) is 8.99. The lowest BCUT2D eigenvalue weighted by Gasteiger charge is -2.34. The van der Waals surface area contributed by atoms with E-state index in [9.17, 15) is 18.0 Å². The second kappa shape index (κ2) is 9.49. The lowest BCUT2D eigenvalue weighted by atomic mass is 9.81. The van der Waals surface area contributed by atoms with Crippen molar-refractivity contribution in [2.75, 3.05) is 39.8 Å². The maximum atomic E-state index is 13.4. The molecule has 176 valence electrons. The van der Waals surface area contributed by atoms with Crippen molar-refractivity contribution in [2.24, 2.45) is 11.8 Å². The summed E-state index contributed by atoms with van der Waals surface area (Å²) < 4.78 is 33.7. The van der Waals surface area contributed by atoms with Crippen LogP contribution in [0.25, 0.3) is 0 Å². The molecule has 0 bridgehead atoms. The number of likely N-dealkylation sites (tertiary alicyclic amines) is 1. The lowest BCUT2D eigenvalue weighted by Crippen LogP contribution is -2.48. The summed E-state index contributed by atoms with van der Waals surface area (Å²) in [6, 6.07) is 4.92. The highest BCUT2D eigenvalue weighted by Crippen LogP contribution is 2.39. The van der Waals surface area contributed by atoms with Crippen LogP contribution in [0.5, 0.6) is 5.75 Å². The average Bonchev–Trinajstić information content (AvgIpc) is 3.04. The molecular formula is C23H33N3O5S. The maximum absolute atomic E-state index is 13.4. The zero-order valence-electron chi connectivity index (χ0n) is 19.0. The van der Waals surface area contributed by atoms with Crippen LogP contribution in [-0.4, -0.2) is 74.2 Å². The second-order valence-corrected chi connectivity index (χ2v) is 10.9. The quantitative estimate of drug-likeness (QED) is 0.576. The average molecular weight is 464 g/mol. The van der Waals surface area contributed by atoms with Gasteiger partial charge in [0.1, 0.15) is 10.6 Å². The van der Waals surface area contributed by atoms with E-state index in [0.29, 0.717) is 31.7 Å². The van der Waals surface area contributed by atoms with E-state index in [0.717, 1.165) is 38.6 Å². The van der Waals surface area contributed by atoms with Crippen molar-refractivity contribution in [3.8, 4) is 5.75 Å². The zero-order chi connectivity index (χ0) is 22.9. The summed E-state index contributed by atoms with van der Waals surface area (Å²) in [4.78, 5) is 29.4. The van der Waals surface area contributed by atoms with E-state index in [4.69, 9.17) is 4.74 Å². The Balaban J connectivity index is 1.55. The molecule has 2 saturated heterocycles. The van der Waals surface area contributed by atoms with Gasteiger partial charge in [-0.2, -0.15) is 4.31 Å². The molecule has 3 fully saturated rings. The number of ether oxygens (including phenoxy) is 1. The number of hydrogen-bond acceptors (Lipinski definition) is 6. The van der Waals surface area contributed by atoms with Crippen LogP contribution in [0.15, 0.2) is 23.1 Å². The van der Waals surface area contributed by atoms with Gasteiger partial charge < -0.3 is 9.64 Å². The normalized spacial score (nSPS) is 25.2. The number of benzene rings is 1. The van der Waals surface area contributed by atoms with Crippen molar-refractivity contribution in [3.05, 3.63) is 23.8 Å². The van der Waals surface area contributed by atoms with E-state index in [1.54, 1.807) is 18.2 Å². The van der Waals surface area contributed by atoms with Crippen molar-refractivity contribution in [3.63, 3.8) is 0 Å². The number of methoxy groups -OCH3 is 1. The van der Waals surface area contributed by atoms with Crippen LogP contribution in [0.2, 0.25) is 0 Å². The number of amides is 2. The van der Waals surface area contributed by atoms with Crippen molar-refractivity contribution in [1.82, 2.24) is 14.1 Å². The Kier molecular flexibility index (Phi) is 6.88. The minimum absolute atomic E-state index is 0.0953. The Bertz CT molecular complexity index is 948. The Morgan fingerprint density at radius 2 is 1.62 bits per heavy atom. The van der Waals surface area contributed by atoms with Crippen LogP contribution in [0.4, 0.5) is 0 Å². The Hall–Kier alpha value is -1.97. The molecule has 4 rings (SSSR count). The zero-order valence-corrected chi connectivity index (χ0v) is 19.8. The van der Waals surface area contributed by atoms with Crippen LogP contribution in [0, 0.1) is 11.8 Å². The molecule has 8 nitrogen and oxygen atoms in total. The van der Waals surface area contributed by atoms with Gasteiger partial charge in [0, 0.05) is 26.2 Å². The summed E-state index contributed by atoms with van der Waals surface area (Å²) in [5, 5.41) is 0. The molecule has 3 aliphatic rings. The van der Waals surface area contributed by atoms with E-state index < -0.39 is 10.0 Å². The number of nitrogens with zero attached hydrogens (tertiary/aromatic N) is 3. The predicted octanol–water partition coefficient (Wildman–Crippen LogP) is 2.09. The highest BCUT2D eigenvalue weighted by atomic mass is 32.2. The number of carbonyl (C=O) groups is 2. The minimum atomic E-state index is -3.75. The molecule has 0 radical (unpaired) electrons. The third kappa shape index (κ3) is 4.30.